The molecule has 11 nitrogen and oxygen atoms in total. The van der Waals surface area contributed by atoms with Crippen LogP contribution in [0, 0.1) is 5.92 Å². The molecule has 3 N–H and O–H groups in total. The highest BCUT2D eigenvalue weighted by atomic mass is 19.3. The number of nitrogens with zero attached hydrogens (tertiary/aromatic N) is 5. The number of pyridine rings is 1. The number of alkyl halides is 2. The Balaban J connectivity index is 1.30. The van der Waals surface area contributed by atoms with Crippen molar-refractivity contribution in [2.75, 3.05) is 51.8 Å². The number of carbonyl (C=O) groups excluding carboxylic acids is 2. The van der Waals surface area contributed by atoms with Crippen molar-refractivity contribution in [3.8, 4) is 11.8 Å². The van der Waals surface area contributed by atoms with Crippen LogP contribution in [0.1, 0.15) is 71.1 Å². The molecule has 222 valence electrons. The fourth-order valence-corrected chi connectivity index (χ4v) is 4.93. The predicted octanol–water partition coefficient (Wildman–Crippen LogP) is 2.61. The molecule has 41 heavy (non-hydrogen) atoms. The van der Waals surface area contributed by atoms with Gasteiger partial charge in [0.1, 0.15) is 36.2 Å². The molecule has 3 aliphatic rings. The minimum atomic E-state index is -2.72. The van der Waals surface area contributed by atoms with E-state index in [0.29, 0.717) is 49.8 Å². The number of anilines is 1. The molecule has 2 aromatic heterocycles. The van der Waals surface area contributed by atoms with Crippen molar-refractivity contribution in [2.45, 2.75) is 56.4 Å². The molecular weight excluding hydrogens is 536 g/mol. The van der Waals surface area contributed by atoms with E-state index < -0.39 is 17.7 Å². The Hall–Kier alpha value is -3.61. The van der Waals surface area contributed by atoms with Crippen molar-refractivity contribution in [3.05, 3.63) is 35.3 Å². The third-order valence-electron chi connectivity index (χ3n) is 7.87. The van der Waals surface area contributed by atoms with Crippen molar-refractivity contribution in [1.29, 1.82) is 0 Å². The van der Waals surface area contributed by atoms with Gasteiger partial charge < -0.3 is 30.3 Å². The second-order valence-corrected chi connectivity index (χ2v) is 11.3. The van der Waals surface area contributed by atoms with Crippen LogP contribution in [-0.2, 0) is 0 Å². The van der Waals surface area contributed by atoms with Crippen molar-refractivity contribution in [3.63, 3.8) is 0 Å². The smallest absolute Gasteiger partial charge is 0.319 e. The average molecular weight is 574 g/mol. The molecule has 2 aliphatic carbocycles. The predicted molar refractivity (Wildman–Crippen MR) is 147 cm³/mol. The monoisotopic (exact) mass is 573 g/mol. The molecule has 2 saturated carbocycles. The standard InChI is InChI=1S/C28H37F2N7O4/c1-36(2)12-13-40-22-7-6-20(25(31)38)33-24(22)17-8-10-37(11-9-17)23-14-21(26(39)32-19-4-3-5-19)34-27(35-23)41-16-18-15-28(18,29)30/h6-7,14,17-19H,3-5,8-13,15-16H2,1-2H3,(H2,31,38)(H,32,39). The molecule has 0 aromatic carbocycles. The molecule has 1 unspecified atom stereocenters. The van der Waals surface area contributed by atoms with E-state index in [2.05, 4.69) is 20.3 Å². The number of hydrogen-bond donors (Lipinski definition) is 2. The van der Waals surface area contributed by atoms with Gasteiger partial charge in [-0.05, 0) is 58.3 Å². The topological polar surface area (TPSA) is 136 Å². The molecule has 0 spiro atoms. The minimum Gasteiger partial charge on any atom is -0.490 e. The zero-order valence-corrected chi connectivity index (χ0v) is 23.4. The number of amides is 2. The Bertz CT molecular complexity index is 1270. The fraction of sp³-hybridized carbons (Fsp3) is 0.607. The fourth-order valence-electron chi connectivity index (χ4n) is 4.93. The van der Waals surface area contributed by atoms with Gasteiger partial charge in [-0.25, -0.2) is 13.8 Å². The first-order chi connectivity index (χ1) is 19.6. The molecule has 1 aliphatic heterocycles. The minimum absolute atomic E-state index is 0.0101. The maximum atomic E-state index is 13.4. The summed E-state index contributed by atoms with van der Waals surface area (Å²) >= 11 is 0. The van der Waals surface area contributed by atoms with Gasteiger partial charge in [0.15, 0.2) is 0 Å². The SMILES string of the molecule is CN(C)CCOc1ccc(C(N)=O)nc1C1CCN(c2cc(C(=O)NC3CCC3)nc(OCC3CC3(F)F)n2)CC1. The lowest BCUT2D eigenvalue weighted by Crippen LogP contribution is -2.40. The molecule has 3 heterocycles. The maximum absolute atomic E-state index is 13.4. The summed E-state index contributed by atoms with van der Waals surface area (Å²) < 4.78 is 38.4. The number of hydrogen-bond acceptors (Lipinski definition) is 9. The number of aromatic nitrogens is 3. The molecular formula is C28H37F2N7O4. The van der Waals surface area contributed by atoms with Gasteiger partial charge in [-0.3, -0.25) is 9.59 Å². The zero-order chi connectivity index (χ0) is 29.1. The normalized spacial score (nSPS) is 20.4. The summed E-state index contributed by atoms with van der Waals surface area (Å²) in [6, 6.07) is 4.97. The van der Waals surface area contributed by atoms with E-state index >= 15 is 0 Å². The van der Waals surface area contributed by atoms with Gasteiger partial charge in [-0.1, -0.05) is 0 Å². The van der Waals surface area contributed by atoms with Crippen LogP contribution in [0.15, 0.2) is 18.2 Å². The summed E-state index contributed by atoms with van der Waals surface area (Å²) in [6.45, 7) is 2.14. The average Bonchev–Trinajstić information content (AvgIpc) is 3.55. The Kier molecular flexibility index (Phi) is 8.52. The number of halogens is 2. The van der Waals surface area contributed by atoms with E-state index in [4.69, 9.17) is 15.2 Å². The number of carbonyl (C=O) groups is 2. The Morgan fingerprint density at radius 2 is 1.83 bits per heavy atom. The van der Waals surface area contributed by atoms with Crippen molar-refractivity contribution in [1.82, 2.24) is 25.2 Å². The number of rotatable bonds is 12. The van der Waals surface area contributed by atoms with Crippen LogP contribution in [0.2, 0.25) is 0 Å². The molecule has 5 rings (SSSR count). The Labute approximate surface area is 237 Å². The molecule has 3 fully saturated rings. The largest absolute Gasteiger partial charge is 0.490 e. The maximum Gasteiger partial charge on any atom is 0.319 e. The summed E-state index contributed by atoms with van der Waals surface area (Å²) in [6.07, 6.45) is 4.04. The van der Waals surface area contributed by atoms with Gasteiger partial charge in [0.2, 0.25) is 0 Å². The van der Waals surface area contributed by atoms with E-state index in [1.54, 1.807) is 18.2 Å². The zero-order valence-electron chi connectivity index (χ0n) is 23.4. The quantitative estimate of drug-likeness (QED) is 0.393. The van der Waals surface area contributed by atoms with Gasteiger partial charge in [-0.15, -0.1) is 0 Å². The third kappa shape index (κ3) is 7.19. The first kappa shape index (κ1) is 28.9. The van der Waals surface area contributed by atoms with Crippen LogP contribution in [0.5, 0.6) is 11.8 Å². The third-order valence-corrected chi connectivity index (χ3v) is 7.87. The van der Waals surface area contributed by atoms with Crippen molar-refractivity contribution >= 4 is 17.6 Å². The van der Waals surface area contributed by atoms with Crippen LogP contribution in [0.4, 0.5) is 14.6 Å². The summed E-state index contributed by atoms with van der Waals surface area (Å²) in [5.41, 5.74) is 6.52. The lowest BCUT2D eigenvalue weighted by atomic mass is 9.92. The van der Waals surface area contributed by atoms with Crippen LogP contribution in [0.3, 0.4) is 0 Å². The summed E-state index contributed by atoms with van der Waals surface area (Å²) in [7, 11) is 3.92. The summed E-state index contributed by atoms with van der Waals surface area (Å²) in [4.78, 5) is 42.0. The first-order valence-corrected chi connectivity index (χ1v) is 14.1. The summed E-state index contributed by atoms with van der Waals surface area (Å²) in [5, 5.41) is 2.97. The number of nitrogens with two attached hydrogens (primary N) is 1. The van der Waals surface area contributed by atoms with Gasteiger partial charge in [0, 0.05) is 44.1 Å². The van der Waals surface area contributed by atoms with E-state index in [-0.39, 0.29) is 48.3 Å². The highest BCUT2D eigenvalue weighted by Crippen LogP contribution is 2.48. The molecule has 13 heteroatoms. The second-order valence-electron chi connectivity index (χ2n) is 11.3. The number of nitrogens with one attached hydrogen (secondary N) is 1. The Morgan fingerprint density at radius 1 is 1.10 bits per heavy atom. The lowest BCUT2D eigenvalue weighted by molar-refractivity contribution is 0.0834. The van der Waals surface area contributed by atoms with Gasteiger partial charge >= 0.3 is 6.01 Å². The van der Waals surface area contributed by atoms with Crippen molar-refractivity contribution < 1.29 is 27.8 Å². The number of likely N-dealkylation sites (N-methyl/N-ethyl adjacent to an activating group) is 1. The molecule has 2 amide bonds. The highest BCUT2D eigenvalue weighted by molar-refractivity contribution is 5.93. The van der Waals surface area contributed by atoms with Crippen LogP contribution < -0.4 is 25.4 Å². The van der Waals surface area contributed by atoms with Gasteiger partial charge in [-0.2, -0.15) is 9.97 Å². The number of ether oxygens (including phenoxy) is 2. The van der Waals surface area contributed by atoms with Gasteiger partial charge in [0.05, 0.1) is 11.6 Å². The van der Waals surface area contributed by atoms with Crippen LogP contribution in [-0.4, -0.2) is 90.6 Å². The van der Waals surface area contributed by atoms with E-state index in [9.17, 15) is 18.4 Å². The molecule has 1 atom stereocenters. The highest BCUT2D eigenvalue weighted by Gasteiger charge is 2.57. The van der Waals surface area contributed by atoms with Crippen LogP contribution in [0.25, 0.3) is 0 Å². The van der Waals surface area contributed by atoms with Crippen LogP contribution >= 0.6 is 0 Å². The molecule has 1 saturated heterocycles. The lowest BCUT2D eigenvalue weighted by Gasteiger charge is -2.33. The number of primary amides is 1. The van der Waals surface area contributed by atoms with E-state index in [1.807, 2.05) is 23.9 Å². The molecule has 0 radical (unpaired) electrons. The molecule has 2 aromatic rings. The second kappa shape index (κ2) is 12.1. The molecule has 0 bridgehead atoms. The van der Waals surface area contributed by atoms with Gasteiger partial charge in [0.25, 0.3) is 17.7 Å². The number of piperidine rings is 1. The Morgan fingerprint density at radius 3 is 2.44 bits per heavy atom. The van der Waals surface area contributed by atoms with E-state index in [1.165, 1.54) is 0 Å². The summed E-state index contributed by atoms with van der Waals surface area (Å²) in [5.74, 6) is -3.39. The first-order valence-electron chi connectivity index (χ1n) is 14.1. The van der Waals surface area contributed by atoms with Crippen molar-refractivity contribution in [2.24, 2.45) is 11.7 Å². The van der Waals surface area contributed by atoms with E-state index in [0.717, 1.165) is 25.8 Å².